The van der Waals surface area contributed by atoms with Gasteiger partial charge in [-0.05, 0) is 53.4 Å². The van der Waals surface area contributed by atoms with Crippen LogP contribution in [0, 0.1) is 0 Å². The van der Waals surface area contributed by atoms with Crippen molar-refractivity contribution in [1.82, 2.24) is 16.0 Å². The Bertz CT molecular complexity index is 510. The lowest BCUT2D eigenvalue weighted by molar-refractivity contribution is -0.126. The lowest BCUT2D eigenvalue weighted by Crippen LogP contribution is -2.39. The molecule has 0 rings (SSSR count). The van der Waals surface area contributed by atoms with E-state index in [-0.39, 0.29) is 30.3 Å². The molecule has 0 aromatic heterocycles. The molecule has 0 unspecified atom stereocenters. The number of rotatable bonds is 22. The fraction of sp³-hybridized carbons (Fsp3) is 0.885. The highest BCUT2D eigenvalue weighted by Gasteiger charge is 2.06. The van der Waals surface area contributed by atoms with Gasteiger partial charge in [-0.15, -0.1) is 0 Å². The molecule has 0 bridgehead atoms. The second-order valence-corrected chi connectivity index (χ2v) is 9.51. The molecule has 0 aliphatic heterocycles. The first-order chi connectivity index (χ1) is 15.8. The highest BCUT2D eigenvalue weighted by Crippen LogP contribution is 2.10. The molecule has 33 heavy (non-hydrogen) atoms. The number of carbonyl (C=O) groups is 3. The van der Waals surface area contributed by atoms with E-state index in [1.54, 1.807) is 0 Å². The van der Waals surface area contributed by atoms with Crippen LogP contribution in [0.2, 0.25) is 0 Å². The maximum Gasteiger partial charge on any atom is 0.239 e. The van der Waals surface area contributed by atoms with Gasteiger partial charge >= 0.3 is 0 Å². The fourth-order valence-corrected chi connectivity index (χ4v) is 3.49. The number of ether oxygens (including phenoxy) is 1. The van der Waals surface area contributed by atoms with Crippen molar-refractivity contribution >= 4 is 17.7 Å². The first kappa shape index (κ1) is 31.4. The minimum absolute atomic E-state index is 0.0524. The largest absolute Gasteiger partial charge is 0.379 e. The van der Waals surface area contributed by atoms with Crippen molar-refractivity contribution in [3.05, 3.63) is 0 Å². The van der Waals surface area contributed by atoms with E-state index >= 15 is 0 Å². The summed E-state index contributed by atoms with van der Waals surface area (Å²) in [6, 6.07) is 0.0899. The van der Waals surface area contributed by atoms with Gasteiger partial charge in [0.15, 0.2) is 0 Å². The highest BCUT2D eigenvalue weighted by atomic mass is 16.5. The second kappa shape index (κ2) is 22.2. The molecular weight excluding hydrogens is 418 g/mol. The molecule has 3 N–H and O–H groups in total. The Morgan fingerprint density at radius 3 is 1.64 bits per heavy atom. The van der Waals surface area contributed by atoms with Crippen molar-refractivity contribution in [3.8, 4) is 0 Å². The van der Waals surface area contributed by atoms with E-state index in [4.69, 9.17) is 4.74 Å². The molecule has 0 atom stereocenters. The summed E-state index contributed by atoms with van der Waals surface area (Å²) in [4.78, 5) is 35.1. The van der Waals surface area contributed by atoms with Crippen LogP contribution in [0.25, 0.3) is 0 Å². The van der Waals surface area contributed by atoms with Crippen molar-refractivity contribution in [2.45, 2.75) is 130 Å². The van der Waals surface area contributed by atoms with Crippen LogP contribution >= 0.6 is 0 Å². The molecule has 3 amide bonds. The van der Waals surface area contributed by atoms with Crippen molar-refractivity contribution in [3.63, 3.8) is 0 Å². The smallest absolute Gasteiger partial charge is 0.239 e. The van der Waals surface area contributed by atoms with Gasteiger partial charge in [0.05, 0.1) is 12.6 Å². The maximum atomic E-state index is 11.9. The second-order valence-electron chi connectivity index (χ2n) is 9.51. The Morgan fingerprint density at radius 2 is 1.09 bits per heavy atom. The lowest BCUT2D eigenvalue weighted by atomic mass is 10.1. The van der Waals surface area contributed by atoms with Crippen LogP contribution in [-0.4, -0.2) is 49.6 Å². The minimum Gasteiger partial charge on any atom is -0.379 e. The summed E-state index contributed by atoms with van der Waals surface area (Å²) in [5.41, 5.74) is 0. The van der Waals surface area contributed by atoms with Gasteiger partial charge in [0.1, 0.15) is 0 Å². The molecule has 0 aliphatic carbocycles. The Balaban J connectivity index is 3.33. The molecule has 7 nitrogen and oxygen atoms in total. The van der Waals surface area contributed by atoms with E-state index in [1.165, 1.54) is 12.8 Å². The number of hydrogen-bond acceptors (Lipinski definition) is 4. The van der Waals surface area contributed by atoms with Gasteiger partial charge < -0.3 is 20.7 Å². The third-order valence-corrected chi connectivity index (χ3v) is 5.30. The van der Waals surface area contributed by atoms with Crippen LogP contribution in [0.15, 0.2) is 0 Å². The van der Waals surface area contributed by atoms with E-state index in [1.807, 2.05) is 13.8 Å². The summed E-state index contributed by atoms with van der Waals surface area (Å²) in [5.74, 6) is -0.0174. The van der Waals surface area contributed by atoms with Crippen LogP contribution in [-0.2, 0) is 19.1 Å². The standard InChI is InChI=1S/C26H51N3O4/c1-22(2)29-26(32)21-28-25(31)18-14-10-8-6-5-7-9-13-17-24(30)27-19-15-11-12-16-20-33-23(3)4/h22-23H,5-21H2,1-4H3,(H,27,30)(H,28,31)(H,29,32). The monoisotopic (exact) mass is 469 g/mol. The summed E-state index contributed by atoms with van der Waals surface area (Å²) in [7, 11) is 0. The summed E-state index contributed by atoms with van der Waals surface area (Å²) in [6.45, 7) is 9.58. The predicted molar refractivity (Wildman–Crippen MR) is 135 cm³/mol. The molecule has 0 saturated heterocycles. The van der Waals surface area contributed by atoms with Gasteiger partial charge in [-0.3, -0.25) is 14.4 Å². The molecule has 0 fully saturated rings. The Labute approximate surface area is 202 Å². The third kappa shape index (κ3) is 24.8. The molecule has 0 aromatic rings. The SMILES string of the molecule is CC(C)NC(=O)CNC(=O)CCCCCCCCCCC(=O)NCCCCCCOC(C)C. The number of carbonyl (C=O) groups excluding carboxylic acids is 3. The zero-order valence-corrected chi connectivity index (χ0v) is 21.8. The molecule has 0 radical (unpaired) electrons. The van der Waals surface area contributed by atoms with Crippen molar-refractivity contribution in [1.29, 1.82) is 0 Å². The summed E-state index contributed by atoms with van der Waals surface area (Å²) < 4.78 is 5.52. The van der Waals surface area contributed by atoms with Gasteiger partial charge in [-0.2, -0.15) is 0 Å². The molecule has 0 aliphatic rings. The maximum absolute atomic E-state index is 11.9. The lowest BCUT2D eigenvalue weighted by Gasteiger charge is -2.09. The topological polar surface area (TPSA) is 96.5 Å². The molecular formula is C26H51N3O4. The van der Waals surface area contributed by atoms with Crippen LogP contribution < -0.4 is 16.0 Å². The molecule has 0 aromatic carbocycles. The van der Waals surface area contributed by atoms with Crippen LogP contribution in [0.3, 0.4) is 0 Å². The third-order valence-electron chi connectivity index (χ3n) is 5.30. The first-order valence-electron chi connectivity index (χ1n) is 13.3. The van der Waals surface area contributed by atoms with E-state index in [0.29, 0.717) is 18.9 Å². The van der Waals surface area contributed by atoms with Gasteiger partial charge in [0.2, 0.25) is 17.7 Å². The number of nitrogens with one attached hydrogen (secondary N) is 3. The molecule has 7 heteroatoms. The molecule has 0 heterocycles. The number of unbranched alkanes of at least 4 members (excludes halogenated alkanes) is 10. The van der Waals surface area contributed by atoms with E-state index in [9.17, 15) is 14.4 Å². The Hall–Kier alpha value is -1.63. The summed E-state index contributed by atoms with van der Waals surface area (Å²) >= 11 is 0. The average Bonchev–Trinajstić information content (AvgIpc) is 2.74. The quantitative estimate of drug-likeness (QED) is 0.201. The number of amides is 3. The van der Waals surface area contributed by atoms with E-state index in [2.05, 4.69) is 29.8 Å². The van der Waals surface area contributed by atoms with Crippen LogP contribution in [0.5, 0.6) is 0 Å². The Morgan fingerprint density at radius 1 is 0.606 bits per heavy atom. The fourth-order valence-electron chi connectivity index (χ4n) is 3.49. The van der Waals surface area contributed by atoms with Gasteiger partial charge in [-0.1, -0.05) is 51.4 Å². The zero-order chi connectivity index (χ0) is 24.7. The predicted octanol–water partition coefficient (Wildman–Crippen LogP) is 4.63. The number of hydrogen-bond donors (Lipinski definition) is 3. The van der Waals surface area contributed by atoms with Crippen molar-refractivity contribution < 1.29 is 19.1 Å². The van der Waals surface area contributed by atoms with Crippen LogP contribution in [0.4, 0.5) is 0 Å². The summed E-state index contributed by atoms with van der Waals surface area (Å²) in [5, 5.41) is 8.44. The Kier molecular flexibility index (Phi) is 21.1. The molecule has 194 valence electrons. The highest BCUT2D eigenvalue weighted by molar-refractivity contribution is 5.84. The van der Waals surface area contributed by atoms with Crippen molar-refractivity contribution in [2.75, 3.05) is 19.7 Å². The van der Waals surface area contributed by atoms with Gasteiger partial charge in [0.25, 0.3) is 0 Å². The molecule has 0 spiro atoms. The van der Waals surface area contributed by atoms with E-state index in [0.717, 1.165) is 77.4 Å². The normalized spacial score (nSPS) is 11.1. The zero-order valence-electron chi connectivity index (χ0n) is 21.8. The van der Waals surface area contributed by atoms with Gasteiger partial charge in [-0.25, -0.2) is 0 Å². The van der Waals surface area contributed by atoms with Crippen molar-refractivity contribution in [2.24, 2.45) is 0 Å². The first-order valence-corrected chi connectivity index (χ1v) is 13.3. The summed E-state index contributed by atoms with van der Waals surface area (Å²) in [6.07, 6.45) is 14.5. The van der Waals surface area contributed by atoms with Crippen LogP contribution in [0.1, 0.15) is 118 Å². The average molecular weight is 470 g/mol. The minimum atomic E-state index is -0.144. The molecule has 0 saturated carbocycles. The van der Waals surface area contributed by atoms with Gasteiger partial charge in [0, 0.05) is 32.0 Å². The van der Waals surface area contributed by atoms with E-state index < -0.39 is 0 Å².